The van der Waals surface area contributed by atoms with Gasteiger partial charge in [-0.15, -0.1) is 0 Å². The molecule has 2 aromatic rings. The van der Waals surface area contributed by atoms with Crippen molar-refractivity contribution in [1.82, 2.24) is 4.98 Å². The maximum atomic E-state index is 12.3. The maximum absolute atomic E-state index is 12.3. The molecule has 0 aliphatic rings. The van der Waals surface area contributed by atoms with Crippen molar-refractivity contribution < 1.29 is 13.2 Å². The summed E-state index contributed by atoms with van der Waals surface area (Å²) >= 11 is 0. The van der Waals surface area contributed by atoms with Gasteiger partial charge in [-0.2, -0.15) is 0 Å². The summed E-state index contributed by atoms with van der Waals surface area (Å²) in [4.78, 5) is 3.92. The molecule has 4 nitrogen and oxygen atoms in total. The Morgan fingerprint density at radius 1 is 1.08 bits per heavy atom. The zero-order valence-corrected chi connectivity index (χ0v) is 15.5. The normalized spacial score (nSPS) is 12.5. The van der Waals surface area contributed by atoms with Gasteiger partial charge >= 0.3 is 0 Å². The monoisotopic (exact) mass is 347 g/mol. The number of nitrogens with zero attached hydrogens (tertiary/aromatic N) is 1. The van der Waals surface area contributed by atoms with Gasteiger partial charge < -0.3 is 4.74 Å². The lowest BCUT2D eigenvalue weighted by Crippen LogP contribution is -2.27. The smallest absolute Gasteiger partial charge is 0.197 e. The molecule has 0 atom stereocenters. The number of pyridine rings is 1. The predicted molar refractivity (Wildman–Crippen MR) is 95.8 cm³/mol. The van der Waals surface area contributed by atoms with E-state index in [0.29, 0.717) is 5.92 Å². The second kappa shape index (κ2) is 7.45. The van der Waals surface area contributed by atoms with E-state index >= 15 is 0 Å². The first-order valence-corrected chi connectivity index (χ1v) is 9.76. The summed E-state index contributed by atoms with van der Waals surface area (Å²) in [6.45, 7) is 8.35. The third-order valence-corrected chi connectivity index (χ3v) is 5.59. The molecule has 1 aromatic heterocycles. The molecular weight excluding hydrogens is 322 g/mol. The van der Waals surface area contributed by atoms with E-state index in [-0.39, 0.29) is 17.4 Å². The molecule has 5 heteroatoms. The van der Waals surface area contributed by atoms with Crippen molar-refractivity contribution in [3.63, 3.8) is 0 Å². The summed E-state index contributed by atoms with van der Waals surface area (Å²) in [5, 5.41) is 0.0917. The average Bonchev–Trinajstić information content (AvgIpc) is 2.55. The van der Waals surface area contributed by atoms with Gasteiger partial charge in [0.25, 0.3) is 0 Å². The highest BCUT2D eigenvalue weighted by Crippen LogP contribution is 2.31. The molecule has 1 heterocycles. The van der Waals surface area contributed by atoms with Crippen LogP contribution in [0.5, 0.6) is 0 Å². The van der Waals surface area contributed by atoms with E-state index in [1.54, 1.807) is 12.1 Å². The zero-order chi connectivity index (χ0) is 17.8. The fourth-order valence-corrected chi connectivity index (χ4v) is 3.69. The average molecular weight is 347 g/mol. The quantitative estimate of drug-likeness (QED) is 0.761. The van der Waals surface area contributed by atoms with Gasteiger partial charge in [0.15, 0.2) is 14.9 Å². The molecular formula is C19H25NO3S. The number of sulfone groups is 1. The third-order valence-electron chi connectivity index (χ3n) is 4.00. The molecule has 0 saturated heterocycles. The summed E-state index contributed by atoms with van der Waals surface area (Å²) < 4.78 is 30.5. The zero-order valence-electron chi connectivity index (χ0n) is 14.7. The van der Waals surface area contributed by atoms with Crippen LogP contribution in [0.1, 0.15) is 44.7 Å². The first-order chi connectivity index (χ1) is 11.2. The number of rotatable bonds is 7. The van der Waals surface area contributed by atoms with Crippen LogP contribution in [0, 0.1) is 0 Å². The van der Waals surface area contributed by atoms with Crippen LogP contribution in [0.2, 0.25) is 0 Å². The van der Waals surface area contributed by atoms with Crippen molar-refractivity contribution in [3.8, 4) is 0 Å². The molecule has 0 radical (unpaired) electrons. The molecule has 0 aliphatic heterocycles. The van der Waals surface area contributed by atoms with E-state index in [1.165, 1.54) is 17.8 Å². The largest absolute Gasteiger partial charge is 0.370 e. The summed E-state index contributed by atoms with van der Waals surface area (Å²) in [6, 6.07) is 13.0. The third kappa shape index (κ3) is 4.42. The van der Waals surface area contributed by atoms with E-state index < -0.39 is 15.4 Å². The van der Waals surface area contributed by atoms with Crippen LogP contribution in [-0.2, 0) is 20.2 Å². The van der Waals surface area contributed by atoms with E-state index in [0.717, 1.165) is 5.56 Å². The van der Waals surface area contributed by atoms with Crippen molar-refractivity contribution in [2.24, 2.45) is 0 Å². The predicted octanol–water partition coefficient (Wildman–Crippen LogP) is 3.93. The van der Waals surface area contributed by atoms with Gasteiger partial charge in [-0.25, -0.2) is 13.4 Å². The van der Waals surface area contributed by atoms with Gasteiger partial charge in [0.2, 0.25) is 0 Å². The molecule has 0 saturated carbocycles. The van der Waals surface area contributed by atoms with Crippen LogP contribution in [0.25, 0.3) is 0 Å². The highest BCUT2D eigenvalue weighted by Gasteiger charge is 2.26. The number of hydrogen-bond acceptors (Lipinski definition) is 4. The lowest BCUT2D eigenvalue weighted by Gasteiger charge is -2.29. The van der Waals surface area contributed by atoms with Crippen LogP contribution in [-0.4, -0.2) is 25.8 Å². The fourth-order valence-electron chi connectivity index (χ4n) is 2.67. The van der Waals surface area contributed by atoms with Gasteiger partial charge in [-0.05, 0) is 43.0 Å². The molecule has 0 bridgehead atoms. The fraction of sp³-hybridized carbons (Fsp3) is 0.421. The molecule has 0 unspecified atom stereocenters. The Morgan fingerprint density at radius 2 is 1.75 bits per heavy atom. The van der Waals surface area contributed by atoms with E-state index in [4.69, 9.17) is 4.74 Å². The molecule has 0 aliphatic carbocycles. The van der Waals surface area contributed by atoms with Gasteiger partial charge in [0.05, 0.1) is 18.0 Å². The minimum atomic E-state index is -3.43. The minimum Gasteiger partial charge on any atom is -0.370 e. The topological polar surface area (TPSA) is 56.3 Å². The summed E-state index contributed by atoms with van der Waals surface area (Å²) in [7, 11) is -3.43. The SMILES string of the molecule is CC(C)c1ccccc1C(C)(C)OCCS(=O)(=O)c1ccccn1. The lowest BCUT2D eigenvalue weighted by atomic mass is 9.88. The molecule has 0 N–H and O–H groups in total. The van der Waals surface area contributed by atoms with Crippen molar-refractivity contribution in [1.29, 1.82) is 0 Å². The number of benzene rings is 1. The number of hydrogen-bond donors (Lipinski definition) is 0. The molecule has 130 valence electrons. The molecule has 0 fully saturated rings. The molecule has 2 rings (SSSR count). The van der Waals surface area contributed by atoms with Gasteiger partial charge in [-0.3, -0.25) is 0 Å². The highest BCUT2D eigenvalue weighted by atomic mass is 32.2. The summed E-state index contributed by atoms with van der Waals surface area (Å²) in [5.74, 6) is 0.290. The van der Waals surface area contributed by atoms with Crippen molar-refractivity contribution >= 4 is 9.84 Å². The first-order valence-electron chi connectivity index (χ1n) is 8.11. The van der Waals surface area contributed by atoms with Crippen LogP contribution < -0.4 is 0 Å². The van der Waals surface area contributed by atoms with Crippen molar-refractivity contribution in [2.75, 3.05) is 12.4 Å². The van der Waals surface area contributed by atoms with Crippen LogP contribution in [0.3, 0.4) is 0 Å². The standard InChI is InChI=1S/C19H25NO3S/c1-15(2)16-9-5-6-10-17(16)19(3,4)23-13-14-24(21,22)18-11-7-8-12-20-18/h5-12,15H,13-14H2,1-4H3. The van der Waals surface area contributed by atoms with E-state index in [1.807, 2.05) is 32.0 Å². The van der Waals surface area contributed by atoms with Gasteiger partial charge in [-0.1, -0.05) is 44.2 Å². The van der Waals surface area contributed by atoms with E-state index in [9.17, 15) is 8.42 Å². The number of ether oxygens (including phenoxy) is 1. The second-order valence-electron chi connectivity index (χ2n) is 6.59. The lowest BCUT2D eigenvalue weighted by molar-refractivity contribution is -0.0137. The van der Waals surface area contributed by atoms with Crippen molar-refractivity contribution in [2.45, 2.75) is 44.2 Å². The minimum absolute atomic E-state index is 0.0860. The Balaban J connectivity index is 2.09. The summed E-state index contributed by atoms with van der Waals surface area (Å²) in [5.41, 5.74) is 1.76. The van der Waals surface area contributed by atoms with Gasteiger partial charge in [0, 0.05) is 6.20 Å². The Labute approximate surface area is 144 Å². The Morgan fingerprint density at radius 3 is 2.38 bits per heavy atom. The van der Waals surface area contributed by atoms with Crippen LogP contribution in [0.15, 0.2) is 53.7 Å². The van der Waals surface area contributed by atoms with Crippen LogP contribution >= 0.6 is 0 Å². The van der Waals surface area contributed by atoms with Gasteiger partial charge in [0.1, 0.15) is 0 Å². The molecule has 1 aromatic carbocycles. The molecule has 0 spiro atoms. The van der Waals surface area contributed by atoms with Crippen molar-refractivity contribution in [3.05, 3.63) is 59.8 Å². The van der Waals surface area contributed by atoms with Crippen LogP contribution in [0.4, 0.5) is 0 Å². The van der Waals surface area contributed by atoms with E-state index in [2.05, 4.69) is 24.9 Å². The molecule has 0 amide bonds. The Hall–Kier alpha value is -1.72. The maximum Gasteiger partial charge on any atom is 0.197 e. The molecule has 24 heavy (non-hydrogen) atoms. The second-order valence-corrected chi connectivity index (χ2v) is 8.64. The Bertz CT molecular complexity index is 768. The number of aromatic nitrogens is 1. The summed E-state index contributed by atoms with van der Waals surface area (Å²) in [6.07, 6.45) is 1.48. The first kappa shape index (κ1) is 18.6. The highest BCUT2D eigenvalue weighted by molar-refractivity contribution is 7.91. The Kier molecular flexibility index (Phi) is 5.78.